The van der Waals surface area contributed by atoms with E-state index >= 15 is 0 Å². The van der Waals surface area contributed by atoms with Crippen LogP contribution in [0, 0.1) is 6.92 Å². The van der Waals surface area contributed by atoms with Crippen molar-refractivity contribution in [3.63, 3.8) is 0 Å². The molecular formula is C21H22ClN3O3. The summed E-state index contributed by atoms with van der Waals surface area (Å²) in [6.07, 6.45) is 1.51. The number of para-hydroxylation sites is 1. The number of amides is 2. The van der Waals surface area contributed by atoms with E-state index in [1.807, 2.05) is 49.5 Å². The van der Waals surface area contributed by atoms with Gasteiger partial charge in [-0.1, -0.05) is 41.9 Å². The Labute approximate surface area is 168 Å². The van der Waals surface area contributed by atoms with Gasteiger partial charge < -0.3 is 20.4 Å². The summed E-state index contributed by atoms with van der Waals surface area (Å²) < 4.78 is 4.96. The molecule has 146 valence electrons. The van der Waals surface area contributed by atoms with Gasteiger partial charge in [-0.3, -0.25) is 4.79 Å². The van der Waals surface area contributed by atoms with Gasteiger partial charge in [-0.05, 0) is 37.1 Å². The molecule has 3 aromatic rings. The molecule has 0 aliphatic carbocycles. The predicted octanol–water partition coefficient (Wildman–Crippen LogP) is 4.43. The summed E-state index contributed by atoms with van der Waals surface area (Å²) in [5.41, 5.74) is 3.24. The highest BCUT2D eigenvalue weighted by Gasteiger charge is 2.24. The van der Waals surface area contributed by atoms with Gasteiger partial charge in [-0.2, -0.15) is 0 Å². The highest BCUT2D eigenvalue weighted by Crippen LogP contribution is 2.26. The number of aryl methyl sites for hydroxylation is 1. The first kappa shape index (κ1) is 19.8. The summed E-state index contributed by atoms with van der Waals surface area (Å²) in [7, 11) is 0. The number of H-pyrrole nitrogens is 1. The number of alkyl carbamates (subject to hydrolysis) is 1. The summed E-state index contributed by atoms with van der Waals surface area (Å²) in [5.74, 6) is -0.370. The van der Waals surface area contributed by atoms with Crippen LogP contribution in [0.3, 0.4) is 0 Å². The zero-order valence-corrected chi connectivity index (χ0v) is 16.5. The maximum atomic E-state index is 12.9. The van der Waals surface area contributed by atoms with Crippen molar-refractivity contribution in [3.8, 4) is 0 Å². The Morgan fingerprint density at radius 2 is 1.96 bits per heavy atom. The van der Waals surface area contributed by atoms with Gasteiger partial charge in [0.15, 0.2) is 0 Å². The molecule has 1 heterocycles. The van der Waals surface area contributed by atoms with Crippen molar-refractivity contribution in [2.75, 3.05) is 11.9 Å². The number of ether oxygens (including phenoxy) is 1. The molecule has 28 heavy (non-hydrogen) atoms. The molecule has 0 unspecified atom stereocenters. The van der Waals surface area contributed by atoms with Gasteiger partial charge in [0.1, 0.15) is 6.04 Å². The monoisotopic (exact) mass is 399 g/mol. The quantitative estimate of drug-likeness (QED) is 0.573. The normalized spacial score (nSPS) is 11.8. The van der Waals surface area contributed by atoms with E-state index < -0.39 is 12.1 Å². The SMILES string of the molecule is CCOC(=O)N[C@H](Cc1c[nH]c2ccccc12)C(=O)Nc1cccc(C)c1Cl. The molecule has 1 atom stereocenters. The highest BCUT2D eigenvalue weighted by atomic mass is 35.5. The number of benzene rings is 2. The number of fused-ring (bicyclic) bond motifs is 1. The van der Waals surface area contributed by atoms with Crippen molar-refractivity contribution in [2.24, 2.45) is 0 Å². The maximum absolute atomic E-state index is 12.9. The average molecular weight is 400 g/mol. The first-order valence-electron chi connectivity index (χ1n) is 9.04. The topological polar surface area (TPSA) is 83.2 Å². The van der Waals surface area contributed by atoms with Crippen LogP contribution in [-0.4, -0.2) is 29.6 Å². The number of carbonyl (C=O) groups is 2. The lowest BCUT2D eigenvalue weighted by molar-refractivity contribution is -0.118. The number of anilines is 1. The van der Waals surface area contributed by atoms with Crippen molar-refractivity contribution < 1.29 is 14.3 Å². The van der Waals surface area contributed by atoms with Crippen LogP contribution in [0.2, 0.25) is 5.02 Å². The van der Waals surface area contributed by atoms with Gasteiger partial charge in [-0.25, -0.2) is 4.79 Å². The van der Waals surface area contributed by atoms with Crippen molar-refractivity contribution in [2.45, 2.75) is 26.3 Å². The Morgan fingerprint density at radius 3 is 2.75 bits per heavy atom. The molecule has 2 amide bonds. The third-order valence-corrected chi connectivity index (χ3v) is 4.93. The van der Waals surface area contributed by atoms with Crippen LogP contribution in [0.25, 0.3) is 10.9 Å². The number of carbonyl (C=O) groups excluding carboxylic acids is 2. The summed E-state index contributed by atoms with van der Waals surface area (Å²) >= 11 is 6.29. The molecular weight excluding hydrogens is 378 g/mol. The molecule has 0 aliphatic rings. The number of aromatic amines is 1. The fourth-order valence-corrected chi connectivity index (χ4v) is 3.18. The van der Waals surface area contributed by atoms with E-state index in [4.69, 9.17) is 16.3 Å². The van der Waals surface area contributed by atoms with Gasteiger partial charge >= 0.3 is 6.09 Å². The van der Waals surface area contributed by atoms with Crippen molar-refractivity contribution in [3.05, 3.63) is 64.8 Å². The smallest absolute Gasteiger partial charge is 0.407 e. The lowest BCUT2D eigenvalue weighted by Gasteiger charge is -2.19. The summed E-state index contributed by atoms with van der Waals surface area (Å²) in [5, 5.41) is 6.92. The molecule has 0 fully saturated rings. The molecule has 0 saturated carbocycles. The molecule has 2 aromatic carbocycles. The molecule has 0 aliphatic heterocycles. The minimum Gasteiger partial charge on any atom is -0.450 e. The molecule has 3 rings (SSSR count). The van der Waals surface area contributed by atoms with Gasteiger partial charge in [-0.15, -0.1) is 0 Å². The zero-order chi connectivity index (χ0) is 20.1. The van der Waals surface area contributed by atoms with Crippen LogP contribution in [0.4, 0.5) is 10.5 Å². The minimum absolute atomic E-state index is 0.219. The van der Waals surface area contributed by atoms with Gasteiger partial charge in [0.05, 0.1) is 17.3 Å². The lowest BCUT2D eigenvalue weighted by Crippen LogP contribution is -2.45. The number of hydrogen-bond acceptors (Lipinski definition) is 3. The summed E-state index contributed by atoms with van der Waals surface area (Å²) in [6, 6.07) is 12.4. The van der Waals surface area contributed by atoms with E-state index in [0.29, 0.717) is 17.1 Å². The molecule has 0 saturated heterocycles. The van der Waals surface area contributed by atoms with E-state index in [1.54, 1.807) is 13.0 Å². The molecule has 0 spiro atoms. The van der Waals surface area contributed by atoms with Crippen molar-refractivity contribution >= 4 is 40.2 Å². The van der Waals surface area contributed by atoms with E-state index in [1.165, 1.54) is 0 Å². The van der Waals surface area contributed by atoms with Crippen LogP contribution in [0.1, 0.15) is 18.1 Å². The number of rotatable bonds is 6. The Kier molecular flexibility index (Phi) is 6.21. The molecule has 3 N–H and O–H groups in total. The van der Waals surface area contributed by atoms with Crippen LogP contribution in [0.5, 0.6) is 0 Å². The number of hydrogen-bond donors (Lipinski definition) is 3. The third kappa shape index (κ3) is 4.46. The fraction of sp³-hybridized carbons (Fsp3) is 0.238. The molecule has 0 radical (unpaired) electrons. The molecule has 1 aromatic heterocycles. The average Bonchev–Trinajstić information content (AvgIpc) is 3.08. The second-order valence-electron chi connectivity index (χ2n) is 6.41. The van der Waals surface area contributed by atoms with Gasteiger partial charge in [0.25, 0.3) is 0 Å². The van der Waals surface area contributed by atoms with Crippen LogP contribution in [-0.2, 0) is 16.0 Å². The Morgan fingerprint density at radius 1 is 1.18 bits per heavy atom. The Bertz CT molecular complexity index is 999. The number of halogens is 1. The lowest BCUT2D eigenvalue weighted by atomic mass is 10.0. The summed E-state index contributed by atoms with van der Waals surface area (Å²) in [6.45, 7) is 3.79. The van der Waals surface area contributed by atoms with E-state index in [0.717, 1.165) is 22.0 Å². The molecule has 7 heteroatoms. The Hall–Kier alpha value is -2.99. The number of nitrogens with one attached hydrogen (secondary N) is 3. The Balaban J connectivity index is 1.84. The summed E-state index contributed by atoms with van der Waals surface area (Å²) in [4.78, 5) is 28.1. The van der Waals surface area contributed by atoms with Gasteiger partial charge in [0, 0.05) is 23.5 Å². The highest BCUT2D eigenvalue weighted by molar-refractivity contribution is 6.34. The van der Waals surface area contributed by atoms with E-state index in [2.05, 4.69) is 15.6 Å². The van der Waals surface area contributed by atoms with E-state index in [-0.39, 0.29) is 12.5 Å². The second kappa shape index (κ2) is 8.80. The van der Waals surface area contributed by atoms with Crippen LogP contribution in [0.15, 0.2) is 48.7 Å². The van der Waals surface area contributed by atoms with Crippen LogP contribution >= 0.6 is 11.6 Å². The standard InChI is InChI=1S/C21H22ClN3O3/c1-3-28-21(27)25-18(11-14-12-23-16-9-5-4-8-15(14)16)20(26)24-17-10-6-7-13(2)19(17)22/h4-10,12,18,23H,3,11H2,1-2H3,(H,24,26)(H,25,27)/t18-/m1/s1. The first-order valence-corrected chi connectivity index (χ1v) is 9.41. The molecule has 6 nitrogen and oxygen atoms in total. The first-order chi connectivity index (χ1) is 13.5. The van der Waals surface area contributed by atoms with Crippen LogP contribution < -0.4 is 10.6 Å². The largest absolute Gasteiger partial charge is 0.450 e. The van der Waals surface area contributed by atoms with Gasteiger partial charge in [0.2, 0.25) is 5.91 Å². The van der Waals surface area contributed by atoms with Crippen molar-refractivity contribution in [1.29, 1.82) is 0 Å². The van der Waals surface area contributed by atoms with E-state index in [9.17, 15) is 9.59 Å². The number of aromatic nitrogens is 1. The maximum Gasteiger partial charge on any atom is 0.407 e. The molecule has 0 bridgehead atoms. The minimum atomic E-state index is -0.824. The predicted molar refractivity (Wildman–Crippen MR) is 111 cm³/mol. The fourth-order valence-electron chi connectivity index (χ4n) is 3.01. The van der Waals surface area contributed by atoms with Crippen molar-refractivity contribution in [1.82, 2.24) is 10.3 Å². The zero-order valence-electron chi connectivity index (χ0n) is 15.7. The third-order valence-electron chi connectivity index (χ3n) is 4.43. The second-order valence-corrected chi connectivity index (χ2v) is 6.78.